The minimum absolute atomic E-state index is 0.251. The van der Waals surface area contributed by atoms with Gasteiger partial charge in [-0.15, -0.1) is 10.2 Å². The van der Waals surface area contributed by atoms with E-state index in [9.17, 15) is 4.79 Å². The maximum atomic E-state index is 12.6. The lowest BCUT2D eigenvalue weighted by molar-refractivity contribution is 0.102. The van der Waals surface area contributed by atoms with Gasteiger partial charge >= 0.3 is 0 Å². The van der Waals surface area contributed by atoms with Crippen molar-refractivity contribution in [2.75, 3.05) is 19.5 Å². The molecule has 0 spiro atoms. The van der Waals surface area contributed by atoms with Gasteiger partial charge in [0.1, 0.15) is 22.5 Å². The van der Waals surface area contributed by atoms with Crippen LogP contribution in [0, 0.1) is 0 Å². The summed E-state index contributed by atoms with van der Waals surface area (Å²) in [5.74, 6) is 1.03. The number of para-hydroxylation sites is 1. The zero-order valence-corrected chi connectivity index (χ0v) is 15.4. The van der Waals surface area contributed by atoms with Gasteiger partial charge in [0, 0.05) is 5.69 Å². The number of hydrogen-bond donors (Lipinski definition) is 1. The molecule has 0 unspecified atom stereocenters. The smallest absolute Gasteiger partial charge is 0.259 e. The number of carbonyl (C=O) groups is 1. The van der Waals surface area contributed by atoms with Crippen LogP contribution >= 0.6 is 0 Å². The number of benzene rings is 3. The summed E-state index contributed by atoms with van der Waals surface area (Å²) in [5, 5.41) is 11.9. The topological polar surface area (TPSA) is 78.3 Å². The predicted molar refractivity (Wildman–Crippen MR) is 106 cm³/mol. The monoisotopic (exact) mass is 374 g/mol. The number of hydrogen-bond acceptors (Lipinski definition) is 5. The van der Waals surface area contributed by atoms with Crippen LogP contribution in [0.3, 0.4) is 0 Å². The highest BCUT2D eigenvalue weighted by molar-refractivity contribution is 6.06. The highest BCUT2D eigenvalue weighted by atomic mass is 16.5. The van der Waals surface area contributed by atoms with E-state index >= 15 is 0 Å². The first-order valence-electron chi connectivity index (χ1n) is 8.64. The Morgan fingerprint density at radius 2 is 1.64 bits per heavy atom. The number of nitrogens with one attached hydrogen (secondary N) is 1. The number of ether oxygens (including phenoxy) is 2. The van der Waals surface area contributed by atoms with Crippen LogP contribution in [0.2, 0.25) is 0 Å². The SMILES string of the molecule is COc1ccc(-n2nc3ccc(NC(=O)c4ccccc4OC)cc3n2)cc1. The van der Waals surface area contributed by atoms with Crippen LogP contribution in [-0.4, -0.2) is 35.1 Å². The van der Waals surface area contributed by atoms with Gasteiger partial charge in [-0.25, -0.2) is 0 Å². The fourth-order valence-electron chi connectivity index (χ4n) is 2.85. The maximum Gasteiger partial charge on any atom is 0.259 e. The van der Waals surface area contributed by atoms with Crippen molar-refractivity contribution in [1.82, 2.24) is 15.0 Å². The lowest BCUT2D eigenvalue weighted by Gasteiger charge is -2.08. The van der Waals surface area contributed by atoms with Crippen molar-refractivity contribution in [3.63, 3.8) is 0 Å². The minimum Gasteiger partial charge on any atom is -0.497 e. The zero-order chi connectivity index (χ0) is 19.5. The molecule has 1 heterocycles. The van der Waals surface area contributed by atoms with Crippen molar-refractivity contribution in [3.05, 3.63) is 72.3 Å². The summed E-state index contributed by atoms with van der Waals surface area (Å²) < 4.78 is 10.4. The van der Waals surface area contributed by atoms with Gasteiger partial charge in [-0.2, -0.15) is 4.80 Å². The van der Waals surface area contributed by atoms with Gasteiger partial charge in [0.2, 0.25) is 0 Å². The molecule has 1 aromatic heterocycles. The molecule has 0 saturated carbocycles. The van der Waals surface area contributed by atoms with Crippen LogP contribution in [0.1, 0.15) is 10.4 Å². The standard InChI is InChI=1S/C21H18N4O3/c1-27-16-10-8-15(9-11-16)25-23-18-12-7-14(13-19(18)24-25)22-21(26)17-5-3-4-6-20(17)28-2/h3-13H,1-2H3,(H,22,26). The fourth-order valence-corrected chi connectivity index (χ4v) is 2.85. The molecule has 0 aliphatic rings. The Morgan fingerprint density at radius 1 is 0.893 bits per heavy atom. The summed E-state index contributed by atoms with van der Waals surface area (Å²) in [7, 11) is 3.16. The van der Waals surface area contributed by atoms with Crippen molar-refractivity contribution >= 4 is 22.6 Å². The zero-order valence-electron chi connectivity index (χ0n) is 15.4. The molecule has 4 rings (SSSR count). The van der Waals surface area contributed by atoms with E-state index in [2.05, 4.69) is 15.5 Å². The molecule has 140 valence electrons. The highest BCUT2D eigenvalue weighted by Crippen LogP contribution is 2.22. The Balaban J connectivity index is 1.60. The molecule has 0 aliphatic heterocycles. The van der Waals surface area contributed by atoms with E-state index in [4.69, 9.17) is 9.47 Å². The molecule has 0 radical (unpaired) electrons. The average Bonchev–Trinajstić information content (AvgIpc) is 3.17. The van der Waals surface area contributed by atoms with E-state index in [-0.39, 0.29) is 5.91 Å². The van der Waals surface area contributed by atoms with Gasteiger partial charge in [-0.1, -0.05) is 12.1 Å². The molecule has 1 amide bonds. The third-order valence-corrected chi connectivity index (χ3v) is 4.29. The first-order chi connectivity index (χ1) is 13.7. The molecule has 4 aromatic rings. The fraction of sp³-hybridized carbons (Fsp3) is 0.0952. The van der Waals surface area contributed by atoms with Crippen molar-refractivity contribution in [1.29, 1.82) is 0 Å². The second-order valence-electron chi connectivity index (χ2n) is 6.05. The minimum atomic E-state index is -0.251. The number of nitrogens with zero attached hydrogens (tertiary/aromatic N) is 3. The van der Waals surface area contributed by atoms with Crippen LogP contribution in [0.4, 0.5) is 5.69 Å². The van der Waals surface area contributed by atoms with Gasteiger partial charge in [0.05, 0.1) is 25.5 Å². The predicted octanol–water partition coefficient (Wildman–Crippen LogP) is 3.69. The summed E-state index contributed by atoms with van der Waals surface area (Å²) in [4.78, 5) is 14.1. The van der Waals surface area contributed by atoms with Crippen molar-refractivity contribution in [2.24, 2.45) is 0 Å². The molecule has 0 atom stereocenters. The number of amides is 1. The summed E-state index contributed by atoms with van der Waals surface area (Å²) >= 11 is 0. The molecule has 7 heteroatoms. The number of aromatic nitrogens is 3. The third kappa shape index (κ3) is 3.37. The summed E-state index contributed by atoms with van der Waals surface area (Å²) in [6, 6.07) is 19.9. The third-order valence-electron chi connectivity index (χ3n) is 4.29. The van der Waals surface area contributed by atoms with Gasteiger partial charge < -0.3 is 14.8 Å². The Labute approximate surface area is 161 Å². The Hall–Kier alpha value is -3.87. The van der Waals surface area contributed by atoms with Crippen molar-refractivity contribution in [2.45, 2.75) is 0 Å². The lowest BCUT2D eigenvalue weighted by Crippen LogP contribution is -2.13. The first kappa shape index (κ1) is 17.5. The normalized spacial score (nSPS) is 10.6. The van der Waals surface area contributed by atoms with Crippen LogP contribution < -0.4 is 14.8 Å². The molecule has 0 fully saturated rings. The van der Waals surface area contributed by atoms with Crippen molar-refractivity contribution in [3.8, 4) is 17.2 Å². The summed E-state index contributed by atoms with van der Waals surface area (Å²) in [6.45, 7) is 0. The molecule has 0 saturated heterocycles. The van der Waals surface area contributed by atoms with Gasteiger partial charge in [-0.3, -0.25) is 4.79 Å². The number of carbonyl (C=O) groups excluding carboxylic acids is 1. The van der Waals surface area contributed by atoms with E-state index in [0.717, 1.165) is 17.0 Å². The van der Waals surface area contributed by atoms with Crippen LogP contribution in [0.5, 0.6) is 11.5 Å². The second-order valence-corrected chi connectivity index (χ2v) is 6.05. The van der Waals surface area contributed by atoms with E-state index in [1.165, 1.54) is 7.11 Å². The number of rotatable bonds is 5. The second kappa shape index (κ2) is 7.40. The van der Waals surface area contributed by atoms with E-state index in [1.54, 1.807) is 42.2 Å². The van der Waals surface area contributed by atoms with Gasteiger partial charge in [0.15, 0.2) is 0 Å². The number of methoxy groups -OCH3 is 2. The number of anilines is 1. The molecular formula is C21H18N4O3. The van der Waals surface area contributed by atoms with E-state index in [1.807, 2.05) is 36.4 Å². The molecule has 3 aromatic carbocycles. The van der Waals surface area contributed by atoms with Gasteiger partial charge in [0.25, 0.3) is 5.91 Å². The number of fused-ring (bicyclic) bond motifs is 1. The average molecular weight is 374 g/mol. The van der Waals surface area contributed by atoms with Crippen LogP contribution in [0.15, 0.2) is 66.7 Å². The molecule has 0 aliphatic carbocycles. The Bertz CT molecular complexity index is 1140. The maximum absolute atomic E-state index is 12.6. The molecule has 1 N–H and O–H groups in total. The molecule has 28 heavy (non-hydrogen) atoms. The molecule has 7 nitrogen and oxygen atoms in total. The Morgan fingerprint density at radius 3 is 2.39 bits per heavy atom. The molecular weight excluding hydrogens is 356 g/mol. The van der Waals surface area contributed by atoms with E-state index < -0.39 is 0 Å². The molecule has 0 bridgehead atoms. The van der Waals surface area contributed by atoms with Crippen LogP contribution in [0.25, 0.3) is 16.7 Å². The highest BCUT2D eigenvalue weighted by Gasteiger charge is 2.13. The lowest BCUT2D eigenvalue weighted by atomic mass is 10.2. The summed E-state index contributed by atoms with van der Waals surface area (Å²) in [5.41, 5.74) is 3.31. The van der Waals surface area contributed by atoms with Gasteiger partial charge in [-0.05, 0) is 54.6 Å². The quantitative estimate of drug-likeness (QED) is 0.576. The first-order valence-corrected chi connectivity index (χ1v) is 8.64. The largest absolute Gasteiger partial charge is 0.497 e. The van der Waals surface area contributed by atoms with Crippen molar-refractivity contribution < 1.29 is 14.3 Å². The van der Waals surface area contributed by atoms with E-state index in [0.29, 0.717) is 22.5 Å². The van der Waals surface area contributed by atoms with Crippen LogP contribution in [-0.2, 0) is 0 Å². The summed E-state index contributed by atoms with van der Waals surface area (Å²) in [6.07, 6.45) is 0. The Kier molecular flexibility index (Phi) is 4.63.